The molecular weight excluding hydrogens is 652 g/mol. The van der Waals surface area contributed by atoms with Crippen molar-refractivity contribution in [2.45, 2.75) is 84.3 Å². The van der Waals surface area contributed by atoms with Crippen LogP contribution in [-0.4, -0.2) is 86.9 Å². The SMILES string of the molecule is CC[C@H](NC(=O)[C@@H]1C[C@@H](OCc2ccccc2)CN1C(=O)[C@H](NC(=O)[C@H](NC(=O)c1cnccn1)C(C)C)C(C)C)C(=O)C(=O)c1ccccc1. The van der Waals surface area contributed by atoms with E-state index in [1.807, 2.05) is 30.3 Å². The molecule has 51 heavy (non-hydrogen) atoms. The van der Waals surface area contributed by atoms with Crippen molar-refractivity contribution in [2.75, 3.05) is 6.54 Å². The third-order valence-corrected chi connectivity index (χ3v) is 8.74. The van der Waals surface area contributed by atoms with Crippen LogP contribution in [-0.2, 0) is 30.5 Å². The molecule has 4 amide bonds. The lowest BCUT2D eigenvalue weighted by Gasteiger charge is -2.32. The van der Waals surface area contributed by atoms with Gasteiger partial charge < -0.3 is 25.6 Å². The van der Waals surface area contributed by atoms with Crippen molar-refractivity contribution in [1.29, 1.82) is 0 Å². The quantitative estimate of drug-likeness (QED) is 0.150. The third-order valence-electron chi connectivity index (χ3n) is 8.74. The first-order chi connectivity index (χ1) is 24.4. The molecule has 1 aliphatic rings. The van der Waals surface area contributed by atoms with Crippen molar-refractivity contribution in [2.24, 2.45) is 11.8 Å². The predicted octanol–water partition coefficient (Wildman–Crippen LogP) is 2.90. The molecule has 13 heteroatoms. The number of nitrogens with one attached hydrogen (secondary N) is 3. The fraction of sp³-hybridized carbons (Fsp3) is 0.421. The van der Waals surface area contributed by atoms with Gasteiger partial charge in [-0.2, -0.15) is 0 Å². The first-order valence-electron chi connectivity index (χ1n) is 17.2. The summed E-state index contributed by atoms with van der Waals surface area (Å²) < 4.78 is 6.16. The number of hydrogen-bond donors (Lipinski definition) is 3. The summed E-state index contributed by atoms with van der Waals surface area (Å²) in [5.41, 5.74) is 1.16. The van der Waals surface area contributed by atoms with Crippen molar-refractivity contribution in [3.63, 3.8) is 0 Å². The third kappa shape index (κ3) is 10.1. The average molecular weight is 699 g/mol. The Hall–Kier alpha value is -5.30. The lowest BCUT2D eigenvalue weighted by Crippen LogP contribution is -2.59. The molecular formula is C38H46N6O7. The molecule has 3 N–H and O–H groups in total. The molecule has 5 atom stereocenters. The highest BCUT2D eigenvalue weighted by atomic mass is 16.5. The summed E-state index contributed by atoms with van der Waals surface area (Å²) in [5, 5.41) is 8.22. The van der Waals surface area contributed by atoms with Gasteiger partial charge in [0, 0.05) is 30.9 Å². The molecule has 1 aromatic heterocycles. The number of likely N-dealkylation sites (tertiary alicyclic amines) is 1. The second-order valence-electron chi connectivity index (χ2n) is 13.2. The summed E-state index contributed by atoms with van der Waals surface area (Å²) in [4.78, 5) is 90.2. The number of amides is 4. The molecule has 0 spiro atoms. The minimum Gasteiger partial charge on any atom is -0.372 e. The molecule has 13 nitrogen and oxygen atoms in total. The fourth-order valence-corrected chi connectivity index (χ4v) is 5.81. The number of nitrogens with zero attached hydrogens (tertiary/aromatic N) is 3. The van der Waals surface area contributed by atoms with Crippen LogP contribution in [0, 0.1) is 11.8 Å². The smallest absolute Gasteiger partial charge is 0.272 e. The zero-order valence-electron chi connectivity index (χ0n) is 29.6. The standard InChI is InChI=1S/C38H46N6O7/c1-6-28(34(46)33(45)26-15-11-8-12-16-26)41-36(48)30-19-27(51-22-25-13-9-7-10-14-25)21-44(30)38(50)32(24(4)5)43-37(49)31(23(2)3)42-35(47)29-20-39-17-18-40-29/h7-18,20,23-24,27-28,30-32H,6,19,21-22H2,1-5H3,(H,41,48)(H,42,47)(H,43,49)/t27-,28+,30+,31-,32-/m1/s1. The van der Waals surface area contributed by atoms with Gasteiger partial charge in [-0.05, 0) is 23.8 Å². The zero-order chi connectivity index (χ0) is 37.1. The first kappa shape index (κ1) is 38.5. The van der Waals surface area contributed by atoms with Crippen molar-refractivity contribution < 1.29 is 33.5 Å². The molecule has 1 aliphatic heterocycles. The van der Waals surface area contributed by atoms with Gasteiger partial charge in [-0.1, -0.05) is 95.3 Å². The van der Waals surface area contributed by atoms with Gasteiger partial charge in [-0.15, -0.1) is 0 Å². The molecule has 0 aliphatic carbocycles. The molecule has 1 fully saturated rings. The molecule has 0 radical (unpaired) electrons. The summed E-state index contributed by atoms with van der Waals surface area (Å²) in [6.45, 7) is 9.03. The van der Waals surface area contributed by atoms with Gasteiger partial charge in [0.05, 0.1) is 24.9 Å². The Bertz CT molecular complexity index is 1670. The summed E-state index contributed by atoms with van der Waals surface area (Å²) in [6.07, 6.45) is 3.82. The lowest BCUT2D eigenvalue weighted by atomic mass is 9.98. The second-order valence-corrected chi connectivity index (χ2v) is 13.2. The van der Waals surface area contributed by atoms with Gasteiger partial charge in [-0.25, -0.2) is 4.98 Å². The maximum atomic E-state index is 14.3. The van der Waals surface area contributed by atoms with E-state index in [2.05, 4.69) is 25.9 Å². The maximum Gasteiger partial charge on any atom is 0.272 e. The summed E-state index contributed by atoms with van der Waals surface area (Å²) in [7, 11) is 0. The van der Waals surface area contributed by atoms with Gasteiger partial charge in [0.2, 0.25) is 29.3 Å². The number of carbonyl (C=O) groups is 6. The van der Waals surface area contributed by atoms with E-state index in [-0.39, 0.29) is 43.2 Å². The minimum absolute atomic E-state index is 0.0363. The maximum absolute atomic E-state index is 14.3. The number of ether oxygens (including phenoxy) is 1. The van der Waals surface area contributed by atoms with Crippen LogP contribution in [0.3, 0.4) is 0 Å². The van der Waals surface area contributed by atoms with Crippen molar-refractivity contribution in [1.82, 2.24) is 30.8 Å². The van der Waals surface area contributed by atoms with E-state index in [0.29, 0.717) is 0 Å². The monoisotopic (exact) mass is 698 g/mol. The van der Waals surface area contributed by atoms with Crippen LogP contribution >= 0.6 is 0 Å². The summed E-state index contributed by atoms with van der Waals surface area (Å²) in [6, 6.07) is 13.3. The molecule has 0 saturated carbocycles. The number of rotatable bonds is 16. The Balaban J connectivity index is 1.54. The van der Waals surface area contributed by atoms with E-state index in [9.17, 15) is 28.8 Å². The number of benzene rings is 2. The number of Topliss-reactive ketones (excluding diaryl/α,β-unsaturated/α-hetero) is 2. The van der Waals surface area contributed by atoms with Crippen LogP contribution in [0.25, 0.3) is 0 Å². The first-order valence-corrected chi connectivity index (χ1v) is 17.2. The predicted molar refractivity (Wildman–Crippen MR) is 188 cm³/mol. The molecule has 270 valence electrons. The fourth-order valence-electron chi connectivity index (χ4n) is 5.81. The van der Waals surface area contributed by atoms with E-state index in [1.165, 1.54) is 35.6 Å². The largest absolute Gasteiger partial charge is 0.372 e. The highest BCUT2D eigenvalue weighted by Gasteiger charge is 2.44. The molecule has 4 rings (SSSR count). The number of ketones is 2. The Morgan fingerprint density at radius 2 is 1.49 bits per heavy atom. The summed E-state index contributed by atoms with van der Waals surface area (Å²) >= 11 is 0. The number of hydrogen-bond acceptors (Lipinski definition) is 9. The Kier molecular flexibility index (Phi) is 13.7. The van der Waals surface area contributed by atoms with Crippen LogP contribution in [0.15, 0.2) is 79.3 Å². The Morgan fingerprint density at radius 1 is 0.843 bits per heavy atom. The molecule has 0 bridgehead atoms. The normalized spacial score (nSPS) is 17.4. The van der Waals surface area contributed by atoms with E-state index in [0.717, 1.165) is 5.56 Å². The van der Waals surface area contributed by atoms with Crippen LogP contribution in [0.4, 0.5) is 0 Å². The van der Waals surface area contributed by atoms with Gasteiger partial charge >= 0.3 is 0 Å². The van der Waals surface area contributed by atoms with Gasteiger partial charge in [0.25, 0.3) is 5.91 Å². The van der Waals surface area contributed by atoms with Crippen LogP contribution in [0.2, 0.25) is 0 Å². The highest BCUT2D eigenvalue weighted by Crippen LogP contribution is 2.25. The van der Waals surface area contributed by atoms with Crippen molar-refractivity contribution in [3.05, 3.63) is 96.1 Å². The Labute approximate surface area is 297 Å². The van der Waals surface area contributed by atoms with Crippen LogP contribution in [0.5, 0.6) is 0 Å². The lowest BCUT2D eigenvalue weighted by molar-refractivity contribution is -0.143. The highest BCUT2D eigenvalue weighted by molar-refractivity contribution is 6.45. The van der Waals surface area contributed by atoms with Crippen molar-refractivity contribution >= 4 is 35.2 Å². The molecule has 2 heterocycles. The van der Waals surface area contributed by atoms with Gasteiger partial charge in [0.1, 0.15) is 23.8 Å². The summed E-state index contributed by atoms with van der Waals surface area (Å²) in [5.74, 6) is -4.55. The average Bonchev–Trinajstić information content (AvgIpc) is 3.58. The zero-order valence-corrected chi connectivity index (χ0v) is 29.6. The second kappa shape index (κ2) is 18.1. The van der Waals surface area contributed by atoms with Gasteiger partial charge in [0.15, 0.2) is 0 Å². The van der Waals surface area contributed by atoms with Gasteiger partial charge in [-0.3, -0.25) is 33.8 Å². The number of carbonyl (C=O) groups excluding carboxylic acids is 6. The molecule has 1 saturated heterocycles. The van der Waals surface area contributed by atoms with E-state index < -0.39 is 71.4 Å². The molecule has 3 aromatic rings. The van der Waals surface area contributed by atoms with E-state index in [4.69, 9.17) is 4.74 Å². The van der Waals surface area contributed by atoms with Crippen LogP contribution < -0.4 is 16.0 Å². The Morgan fingerprint density at radius 3 is 2.08 bits per heavy atom. The van der Waals surface area contributed by atoms with Crippen LogP contribution in [0.1, 0.15) is 73.9 Å². The van der Waals surface area contributed by atoms with Crippen molar-refractivity contribution in [3.8, 4) is 0 Å². The molecule has 0 unspecified atom stereocenters. The number of aromatic nitrogens is 2. The van der Waals surface area contributed by atoms with E-state index >= 15 is 0 Å². The minimum atomic E-state index is -1.11. The topological polar surface area (TPSA) is 177 Å². The molecule has 2 aromatic carbocycles. The van der Waals surface area contributed by atoms with E-state index in [1.54, 1.807) is 52.8 Å².